The molecule has 3 rings (SSSR count). The lowest BCUT2D eigenvalue weighted by atomic mass is 9.87. The number of benzene rings is 2. The normalized spacial score (nSPS) is 16.0. The second kappa shape index (κ2) is 12.5. The van der Waals surface area contributed by atoms with Gasteiger partial charge in [0.2, 0.25) is 11.8 Å². The fourth-order valence-corrected chi connectivity index (χ4v) is 4.46. The minimum absolute atomic E-state index is 0.0000156. The molecule has 1 saturated heterocycles. The number of aryl methyl sites for hydroxylation is 2. The highest BCUT2D eigenvalue weighted by molar-refractivity contribution is 5.98. The average Bonchev–Trinajstić information content (AvgIpc) is 2.86. The summed E-state index contributed by atoms with van der Waals surface area (Å²) in [5.74, 6) is 0.0192. The van der Waals surface area contributed by atoms with Crippen molar-refractivity contribution in [3.05, 3.63) is 71.3 Å². The molecule has 2 aromatic rings. The zero-order chi connectivity index (χ0) is 25.4. The summed E-state index contributed by atoms with van der Waals surface area (Å²) in [7, 11) is 0. The summed E-state index contributed by atoms with van der Waals surface area (Å²) in [6.45, 7) is 9.20. The number of rotatable bonds is 9. The molecule has 1 aliphatic rings. The standard InChI is InChI=1S/C29H39N3O3/c1-20(2)22(4)30-29(35)27(31-28(34)25-13-9-8-10-21(25)3)24-16-18-32(19-17-24)26(33)15-14-23-11-6-5-7-12-23/h5-13,20,22,24,27H,14-19H2,1-4H3,(H,30,35)(H,31,34)/t22-,27-/m1/s1. The van der Waals surface area contributed by atoms with Crippen molar-refractivity contribution in [1.29, 1.82) is 0 Å². The zero-order valence-corrected chi connectivity index (χ0v) is 21.4. The number of piperidine rings is 1. The summed E-state index contributed by atoms with van der Waals surface area (Å²) in [6.07, 6.45) is 2.57. The van der Waals surface area contributed by atoms with Gasteiger partial charge in [-0.1, -0.05) is 62.4 Å². The molecule has 0 aliphatic carbocycles. The van der Waals surface area contributed by atoms with Crippen LogP contribution in [0.25, 0.3) is 0 Å². The Balaban J connectivity index is 1.64. The highest BCUT2D eigenvalue weighted by Crippen LogP contribution is 2.23. The lowest BCUT2D eigenvalue weighted by Gasteiger charge is -2.36. The number of nitrogens with zero attached hydrogens (tertiary/aromatic N) is 1. The van der Waals surface area contributed by atoms with Gasteiger partial charge in [0.25, 0.3) is 5.91 Å². The maximum atomic E-state index is 13.3. The quantitative estimate of drug-likeness (QED) is 0.570. The van der Waals surface area contributed by atoms with Crippen LogP contribution >= 0.6 is 0 Å². The van der Waals surface area contributed by atoms with Gasteiger partial charge in [0, 0.05) is 31.1 Å². The van der Waals surface area contributed by atoms with Crippen LogP contribution in [0, 0.1) is 18.8 Å². The Morgan fingerprint density at radius 2 is 1.54 bits per heavy atom. The lowest BCUT2D eigenvalue weighted by Crippen LogP contribution is -2.55. The Bertz CT molecular complexity index is 997. The van der Waals surface area contributed by atoms with E-state index in [-0.39, 0.29) is 35.6 Å². The molecule has 0 spiro atoms. The van der Waals surface area contributed by atoms with Crippen molar-refractivity contribution in [2.45, 2.75) is 65.5 Å². The predicted octanol–water partition coefficient (Wildman–Crippen LogP) is 4.13. The van der Waals surface area contributed by atoms with E-state index in [9.17, 15) is 14.4 Å². The van der Waals surface area contributed by atoms with E-state index in [1.54, 1.807) is 6.07 Å². The minimum Gasteiger partial charge on any atom is -0.352 e. The van der Waals surface area contributed by atoms with Gasteiger partial charge >= 0.3 is 0 Å². The first-order chi connectivity index (χ1) is 16.8. The maximum Gasteiger partial charge on any atom is 0.252 e. The van der Waals surface area contributed by atoms with Crippen LogP contribution in [0.3, 0.4) is 0 Å². The van der Waals surface area contributed by atoms with Gasteiger partial charge in [0.15, 0.2) is 0 Å². The van der Waals surface area contributed by atoms with Crippen molar-refractivity contribution >= 4 is 17.7 Å². The second-order valence-corrected chi connectivity index (χ2v) is 10.0. The molecule has 6 nitrogen and oxygen atoms in total. The van der Waals surface area contributed by atoms with Crippen molar-refractivity contribution in [3.63, 3.8) is 0 Å². The number of likely N-dealkylation sites (tertiary alicyclic amines) is 1. The molecular formula is C29H39N3O3. The molecule has 0 aromatic heterocycles. The van der Waals surface area contributed by atoms with Crippen LogP contribution < -0.4 is 10.6 Å². The van der Waals surface area contributed by atoms with E-state index >= 15 is 0 Å². The van der Waals surface area contributed by atoms with Crippen LogP contribution in [0.5, 0.6) is 0 Å². The van der Waals surface area contributed by atoms with E-state index in [1.807, 2.05) is 67.3 Å². The van der Waals surface area contributed by atoms with Crippen molar-refractivity contribution in [2.75, 3.05) is 13.1 Å². The summed E-state index contributed by atoms with van der Waals surface area (Å²) in [4.78, 5) is 41.0. The third-order valence-electron chi connectivity index (χ3n) is 7.16. The molecule has 2 atom stereocenters. The summed E-state index contributed by atoms with van der Waals surface area (Å²) < 4.78 is 0. The largest absolute Gasteiger partial charge is 0.352 e. The highest BCUT2D eigenvalue weighted by atomic mass is 16.2. The third-order valence-corrected chi connectivity index (χ3v) is 7.16. The Morgan fingerprint density at radius 3 is 2.17 bits per heavy atom. The number of carbonyl (C=O) groups excluding carboxylic acids is 3. The third kappa shape index (κ3) is 7.41. The maximum absolute atomic E-state index is 13.3. The number of amides is 3. The van der Waals surface area contributed by atoms with E-state index < -0.39 is 6.04 Å². The molecule has 1 fully saturated rings. The predicted molar refractivity (Wildman–Crippen MR) is 139 cm³/mol. The topological polar surface area (TPSA) is 78.5 Å². The molecule has 1 heterocycles. The van der Waals surface area contributed by atoms with Gasteiger partial charge in [0.05, 0.1) is 0 Å². The molecule has 0 bridgehead atoms. The van der Waals surface area contributed by atoms with Gasteiger partial charge in [-0.3, -0.25) is 14.4 Å². The van der Waals surface area contributed by atoms with Gasteiger partial charge in [0.1, 0.15) is 6.04 Å². The summed E-state index contributed by atoms with van der Waals surface area (Å²) >= 11 is 0. The monoisotopic (exact) mass is 477 g/mol. The van der Waals surface area contributed by atoms with Gasteiger partial charge in [-0.05, 0) is 62.1 Å². The fraction of sp³-hybridized carbons (Fsp3) is 0.483. The number of hydrogen-bond donors (Lipinski definition) is 2. The molecule has 188 valence electrons. The molecular weight excluding hydrogens is 438 g/mol. The van der Waals surface area contributed by atoms with Crippen LogP contribution in [-0.4, -0.2) is 47.8 Å². The molecule has 2 aromatic carbocycles. The molecule has 3 amide bonds. The molecule has 0 unspecified atom stereocenters. The summed E-state index contributed by atoms with van der Waals surface area (Å²) in [6, 6.07) is 16.8. The van der Waals surface area contributed by atoms with Crippen LogP contribution in [0.15, 0.2) is 54.6 Å². The molecule has 1 aliphatic heterocycles. The van der Waals surface area contributed by atoms with Crippen LogP contribution in [0.1, 0.15) is 61.5 Å². The molecule has 0 radical (unpaired) electrons. The van der Waals surface area contributed by atoms with Crippen LogP contribution in [-0.2, 0) is 16.0 Å². The average molecular weight is 478 g/mol. The number of nitrogens with one attached hydrogen (secondary N) is 2. The Hall–Kier alpha value is -3.15. The summed E-state index contributed by atoms with van der Waals surface area (Å²) in [5, 5.41) is 6.11. The Morgan fingerprint density at radius 1 is 0.914 bits per heavy atom. The first-order valence-electron chi connectivity index (χ1n) is 12.7. The van der Waals surface area contributed by atoms with Crippen LogP contribution in [0.4, 0.5) is 0 Å². The van der Waals surface area contributed by atoms with Gasteiger partial charge in [-0.25, -0.2) is 0 Å². The number of hydrogen-bond acceptors (Lipinski definition) is 3. The van der Waals surface area contributed by atoms with E-state index in [0.29, 0.717) is 37.9 Å². The SMILES string of the molecule is Cc1ccccc1C(=O)N[C@@H](C(=O)N[C@H](C)C(C)C)C1CCN(C(=O)CCc2ccccc2)CC1. The van der Waals surface area contributed by atoms with Crippen molar-refractivity contribution in [3.8, 4) is 0 Å². The first kappa shape index (κ1) is 26.5. The molecule has 0 saturated carbocycles. The smallest absolute Gasteiger partial charge is 0.252 e. The van der Waals surface area contributed by atoms with E-state index in [1.165, 1.54) is 0 Å². The Kier molecular flexibility index (Phi) is 9.47. The zero-order valence-electron chi connectivity index (χ0n) is 21.4. The molecule has 6 heteroatoms. The van der Waals surface area contributed by atoms with Gasteiger partial charge < -0.3 is 15.5 Å². The minimum atomic E-state index is -0.634. The molecule has 35 heavy (non-hydrogen) atoms. The van der Waals surface area contributed by atoms with E-state index in [4.69, 9.17) is 0 Å². The van der Waals surface area contributed by atoms with Gasteiger partial charge in [-0.2, -0.15) is 0 Å². The van der Waals surface area contributed by atoms with Crippen molar-refractivity contribution in [2.24, 2.45) is 11.8 Å². The lowest BCUT2D eigenvalue weighted by molar-refractivity contribution is -0.133. The van der Waals surface area contributed by atoms with Crippen molar-refractivity contribution in [1.82, 2.24) is 15.5 Å². The van der Waals surface area contributed by atoms with Gasteiger partial charge in [-0.15, -0.1) is 0 Å². The summed E-state index contributed by atoms with van der Waals surface area (Å²) in [5.41, 5.74) is 2.61. The number of carbonyl (C=O) groups is 3. The second-order valence-electron chi connectivity index (χ2n) is 10.0. The highest BCUT2D eigenvalue weighted by Gasteiger charge is 2.34. The van der Waals surface area contributed by atoms with Crippen molar-refractivity contribution < 1.29 is 14.4 Å². The first-order valence-corrected chi connectivity index (χ1v) is 12.7. The van der Waals surface area contributed by atoms with E-state index in [2.05, 4.69) is 24.5 Å². The fourth-order valence-electron chi connectivity index (χ4n) is 4.46. The van der Waals surface area contributed by atoms with Crippen LogP contribution in [0.2, 0.25) is 0 Å². The molecule has 2 N–H and O–H groups in total. The Labute approximate surface area is 209 Å². The van der Waals surface area contributed by atoms with E-state index in [0.717, 1.165) is 17.5 Å².